The van der Waals surface area contributed by atoms with E-state index < -0.39 is 11.5 Å². The molecule has 0 aliphatic heterocycles. The van der Waals surface area contributed by atoms with E-state index in [2.05, 4.69) is 5.32 Å². The van der Waals surface area contributed by atoms with Crippen LogP contribution in [0.1, 0.15) is 10.4 Å². The van der Waals surface area contributed by atoms with E-state index in [4.69, 9.17) is 4.42 Å². The van der Waals surface area contributed by atoms with Gasteiger partial charge in [0, 0.05) is 28.8 Å². The number of fused-ring (bicyclic) bond motifs is 1. The molecule has 0 radical (unpaired) electrons. The summed E-state index contributed by atoms with van der Waals surface area (Å²) in [7, 11) is 0. The Bertz CT molecular complexity index is 909. The van der Waals surface area contributed by atoms with E-state index in [1.807, 2.05) is 0 Å². The third-order valence-electron chi connectivity index (χ3n) is 3.04. The number of benzene rings is 2. The SMILES string of the molecule is O=C(Nc1ccc2oc(=O)ccc2c1)c1cc(O)cc(O)c1. The predicted molar refractivity (Wildman–Crippen MR) is 80.2 cm³/mol. The first-order valence-corrected chi connectivity index (χ1v) is 6.39. The first kappa shape index (κ1) is 13.7. The van der Waals surface area contributed by atoms with Crippen LogP contribution in [0, 0.1) is 0 Å². The molecule has 0 bridgehead atoms. The van der Waals surface area contributed by atoms with Crippen molar-refractivity contribution in [1.29, 1.82) is 0 Å². The number of nitrogens with one attached hydrogen (secondary N) is 1. The molecule has 6 heteroatoms. The van der Waals surface area contributed by atoms with Crippen LogP contribution in [-0.2, 0) is 0 Å². The number of phenolic OH excluding ortho intramolecular Hbond substituents is 2. The van der Waals surface area contributed by atoms with Gasteiger partial charge in [-0.2, -0.15) is 0 Å². The lowest BCUT2D eigenvalue weighted by Gasteiger charge is -2.07. The lowest BCUT2D eigenvalue weighted by molar-refractivity contribution is 0.102. The second-order valence-corrected chi connectivity index (χ2v) is 4.70. The van der Waals surface area contributed by atoms with Gasteiger partial charge in [-0.25, -0.2) is 4.79 Å². The van der Waals surface area contributed by atoms with Crippen molar-refractivity contribution in [2.75, 3.05) is 5.32 Å². The molecule has 1 heterocycles. The summed E-state index contributed by atoms with van der Waals surface area (Å²) in [6, 6.07) is 11.3. The molecule has 3 rings (SSSR count). The van der Waals surface area contributed by atoms with Gasteiger partial charge >= 0.3 is 5.63 Å². The highest BCUT2D eigenvalue weighted by Gasteiger charge is 2.09. The Hall–Kier alpha value is -3.28. The van der Waals surface area contributed by atoms with E-state index in [1.165, 1.54) is 18.2 Å². The van der Waals surface area contributed by atoms with E-state index in [0.29, 0.717) is 16.7 Å². The molecule has 110 valence electrons. The van der Waals surface area contributed by atoms with Crippen molar-refractivity contribution in [2.24, 2.45) is 0 Å². The predicted octanol–water partition coefficient (Wildman–Crippen LogP) is 2.46. The summed E-state index contributed by atoms with van der Waals surface area (Å²) in [5, 5.41) is 22.1. The Balaban J connectivity index is 1.90. The van der Waals surface area contributed by atoms with Gasteiger partial charge in [0.2, 0.25) is 0 Å². The highest BCUT2D eigenvalue weighted by molar-refractivity contribution is 6.05. The number of phenols is 2. The Labute approximate surface area is 124 Å². The first-order valence-electron chi connectivity index (χ1n) is 6.39. The van der Waals surface area contributed by atoms with E-state index in [0.717, 1.165) is 6.07 Å². The summed E-state index contributed by atoms with van der Waals surface area (Å²) in [5.74, 6) is -0.890. The van der Waals surface area contributed by atoms with Crippen LogP contribution in [0.5, 0.6) is 11.5 Å². The second-order valence-electron chi connectivity index (χ2n) is 4.70. The van der Waals surface area contributed by atoms with Gasteiger partial charge in [-0.3, -0.25) is 4.79 Å². The lowest BCUT2D eigenvalue weighted by atomic mass is 10.1. The number of amides is 1. The van der Waals surface area contributed by atoms with Crippen LogP contribution >= 0.6 is 0 Å². The second kappa shape index (κ2) is 5.25. The topological polar surface area (TPSA) is 99.8 Å². The molecule has 3 aromatic rings. The minimum atomic E-state index is -0.483. The Morgan fingerprint density at radius 1 is 0.955 bits per heavy atom. The monoisotopic (exact) mass is 297 g/mol. The number of carbonyl (C=O) groups excluding carboxylic acids is 1. The Morgan fingerprint density at radius 3 is 2.41 bits per heavy atom. The molecule has 0 unspecified atom stereocenters. The van der Waals surface area contributed by atoms with Crippen LogP contribution in [0.25, 0.3) is 11.0 Å². The van der Waals surface area contributed by atoms with Gasteiger partial charge in [-0.15, -0.1) is 0 Å². The van der Waals surface area contributed by atoms with Gasteiger partial charge in [0.15, 0.2) is 0 Å². The summed E-state index contributed by atoms with van der Waals surface area (Å²) in [6.07, 6.45) is 0. The average molecular weight is 297 g/mol. The molecule has 0 saturated heterocycles. The maximum Gasteiger partial charge on any atom is 0.336 e. The molecule has 1 amide bonds. The summed E-state index contributed by atoms with van der Waals surface area (Å²) in [6.45, 7) is 0. The van der Waals surface area contributed by atoms with Crippen molar-refractivity contribution in [2.45, 2.75) is 0 Å². The third kappa shape index (κ3) is 2.76. The summed E-state index contributed by atoms with van der Waals surface area (Å²) in [4.78, 5) is 23.2. The number of aromatic hydroxyl groups is 2. The van der Waals surface area contributed by atoms with E-state index in [-0.39, 0.29) is 17.1 Å². The zero-order valence-corrected chi connectivity index (χ0v) is 11.2. The molecule has 0 saturated carbocycles. The van der Waals surface area contributed by atoms with Crippen molar-refractivity contribution in [3.8, 4) is 11.5 Å². The maximum absolute atomic E-state index is 12.1. The lowest BCUT2D eigenvalue weighted by Crippen LogP contribution is -2.11. The third-order valence-corrected chi connectivity index (χ3v) is 3.04. The quantitative estimate of drug-likeness (QED) is 0.631. The van der Waals surface area contributed by atoms with Crippen LogP contribution < -0.4 is 10.9 Å². The number of anilines is 1. The molecule has 0 atom stereocenters. The van der Waals surface area contributed by atoms with Crippen molar-refractivity contribution in [3.05, 3.63) is 64.5 Å². The zero-order chi connectivity index (χ0) is 15.7. The minimum Gasteiger partial charge on any atom is -0.508 e. The number of hydrogen-bond acceptors (Lipinski definition) is 5. The molecule has 0 aliphatic rings. The first-order chi connectivity index (χ1) is 10.5. The molecular weight excluding hydrogens is 286 g/mol. The molecule has 0 fully saturated rings. The Kier molecular flexibility index (Phi) is 3.27. The van der Waals surface area contributed by atoms with Crippen LogP contribution in [0.2, 0.25) is 0 Å². The number of hydrogen-bond donors (Lipinski definition) is 3. The van der Waals surface area contributed by atoms with Crippen LogP contribution in [0.15, 0.2) is 57.7 Å². The van der Waals surface area contributed by atoms with Gasteiger partial charge in [-0.05, 0) is 36.4 Å². The van der Waals surface area contributed by atoms with E-state index in [9.17, 15) is 19.8 Å². The summed E-state index contributed by atoms with van der Waals surface area (Å²) >= 11 is 0. The van der Waals surface area contributed by atoms with E-state index >= 15 is 0 Å². The van der Waals surface area contributed by atoms with Gasteiger partial charge in [0.25, 0.3) is 5.91 Å². The molecule has 0 spiro atoms. The molecule has 22 heavy (non-hydrogen) atoms. The van der Waals surface area contributed by atoms with Crippen molar-refractivity contribution >= 4 is 22.6 Å². The molecule has 2 aromatic carbocycles. The van der Waals surface area contributed by atoms with Crippen LogP contribution in [0.3, 0.4) is 0 Å². The molecular formula is C16H11NO5. The average Bonchev–Trinajstić information content (AvgIpc) is 2.46. The highest BCUT2D eigenvalue weighted by Crippen LogP contribution is 2.22. The fourth-order valence-corrected chi connectivity index (χ4v) is 2.08. The van der Waals surface area contributed by atoms with Crippen molar-refractivity contribution < 1.29 is 19.4 Å². The van der Waals surface area contributed by atoms with Crippen molar-refractivity contribution in [1.82, 2.24) is 0 Å². The van der Waals surface area contributed by atoms with Gasteiger partial charge in [0.05, 0.1) is 0 Å². The molecule has 0 aliphatic carbocycles. The van der Waals surface area contributed by atoms with Crippen LogP contribution in [-0.4, -0.2) is 16.1 Å². The number of rotatable bonds is 2. The zero-order valence-electron chi connectivity index (χ0n) is 11.2. The largest absolute Gasteiger partial charge is 0.508 e. The number of carbonyl (C=O) groups is 1. The van der Waals surface area contributed by atoms with Crippen LogP contribution in [0.4, 0.5) is 5.69 Å². The standard InChI is InChI=1S/C16H11NO5/c18-12-6-10(7-13(19)8-12)16(21)17-11-2-3-14-9(5-11)1-4-15(20)22-14/h1-8,18-19H,(H,17,21). The summed E-state index contributed by atoms with van der Waals surface area (Å²) in [5.41, 5.74) is 0.589. The minimum absolute atomic E-state index is 0.122. The van der Waals surface area contributed by atoms with Crippen molar-refractivity contribution in [3.63, 3.8) is 0 Å². The van der Waals surface area contributed by atoms with E-state index in [1.54, 1.807) is 24.3 Å². The van der Waals surface area contributed by atoms with Gasteiger partial charge < -0.3 is 19.9 Å². The smallest absolute Gasteiger partial charge is 0.336 e. The Morgan fingerprint density at radius 2 is 1.68 bits per heavy atom. The fourth-order valence-electron chi connectivity index (χ4n) is 2.08. The molecule has 1 aromatic heterocycles. The highest BCUT2D eigenvalue weighted by atomic mass is 16.4. The van der Waals surface area contributed by atoms with Gasteiger partial charge in [-0.1, -0.05) is 0 Å². The molecule has 3 N–H and O–H groups in total. The summed E-state index contributed by atoms with van der Waals surface area (Å²) < 4.78 is 5.00. The fraction of sp³-hybridized carbons (Fsp3) is 0. The maximum atomic E-state index is 12.1. The van der Waals surface area contributed by atoms with Gasteiger partial charge in [0.1, 0.15) is 17.1 Å². The normalized spacial score (nSPS) is 10.5. The molecule has 6 nitrogen and oxygen atoms in total.